The average molecular weight is 557 g/mol. The maximum absolute atomic E-state index is 12.7. The standard InChI is InChI=1S/C24H32N2O9S2/c1-24(2,3)34-23(28)25(4)17-22(27)18-5-7-19(8-6-18)35-37(31,32)21-11-9-20(10-12-21)36(29,30)26-13-15-33-16-14-26/h5-12,22,27H,13-17H2,1-4H3. The second kappa shape index (κ2) is 11.4. The first-order chi connectivity index (χ1) is 17.2. The van der Waals surface area contributed by atoms with Crippen molar-refractivity contribution in [1.82, 2.24) is 9.21 Å². The summed E-state index contributed by atoms with van der Waals surface area (Å²) in [5.74, 6) is 0.00135. The lowest BCUT2D eigenvalue weighted by atomic mass is 10.1. The zero-order chi connectivity index (χ0) is 27.4. The summed E-state index contributed by atoms with van der Waals surface area (Å²) in [4.78, 5) is 13.1. The first-order valence-electron chi connectivity index (χ1n) is 11.5. The summed E-state index contributed by atoms with van der Waals surface area (Å²) in [5, 5.41) is 10.5. The third kappa shape index (κ3) is 7.65. The molecule has 0 saturated carbocycles. The van der Waals surface area contributed by atoms with Gasteiger partial charge in [0.1, 0.15) is 16.2 Å². The predicted octanol–water partition coefficient (Wildman–Crippen LogP) is 2.38. The topological polar surface area (TPSA) is 140 Å². The third-order valence-electron chi connectivity index (χ3n) is 5.34. The molecule has 1 heterocycles. The number of hydrogen-bond acceptors (Lipinski definition) is 9. The number of aliphatic hydroxyl groups excluding tert-OH is 1. The van der Waals surface area contributed by atoms with Crippen LogP contribution in [-0.4, -0.2) is 82.7 Å². The second-order valence-corrected chi connectivity index (χ2v) is 13.0. The van der Waals surface area contributed by atoms with E-state index >= 15 is 0 Å². The summed E-state index contributed by atoms with van der Waals surface area (Å²) in [6.45, 7) is 6.25. The first kappa shape index (κ1) is 28.9. The summed E-state index contributed by atoms with van der Waals surface area (Å²) in [7, 11) is -6.50. The molecular formula is C24H32N2O9S2. The van der Waals surface area contributed by atoms with Crippen LogP contribution in [0.25, 0.3) is 0 Å². The number of rotatable bonds is 8. The Kier molecular flexibility index (Phi) is 8.85. The molecule has 0 aromatic heterocycles. The normalized spacial score (nSPS) is 16.1. The van der Waals surface area contributed by atoms with Crippen LogP contribution in [0.3, 0.4) is 0 Å². The van der Waals surface area contributed by atoms with Gasteiger partial charge in [-0.15, -0.1) is 0 Å². The van der Waals surface area contributed by atoms with Crippen LogP contribution in [0.5, 0.6) is 5.75 Å². The molecule has 1 aliphatic rings. The second-order valence-electron chi connectivity index (χ2n) is 9.47. The molecule has 11 nitrogen and oxygen atoms in total. The van der Waals surface area contributed by atoms with Crippen LogP contribution >= 0.6 is 0 Å². The molecule has 1 N–H and O–H groups in total. The van der Waals surface area contributed by atoms with Gasteiger partial charge in [0.05, 0.1) is 30.8 Å². The van der Waals surface area contributed by atoms with E-state index in [9.17, 15) is 26.7 Å². The molecule has 3 rings (SSSR count). The molecule has 2 aromatic rings. The zero-order valence-electron chi connectivity index (χ0n) is 21.2. The number of sulfonamides is 1. The van der Waals surface area contributed by atoms with E-state index in [0.29, 0.717) is 18.8 Å². The van der Waals surface area contributed by atoms with Gasteiger partial charge in [0.15, 0.2) is 0 Å². The lowest BCUT2D eigenvalue weighted by molar-refractivity contribution is 0.0205. The maximum atomic E-state index is 12.7. The Labute approximate surface area is 217 Å². The van der Waals surface area contributed by atoms with Crippen LogP contribution in [0.4, 0.5) is 4.79 Å². The van der Waals surface area contributed by atoms with Gasteiger partial charge >= 0.3 is 16.2 Å². The highest BCUT2D eigenvalue weighted by molar-refractivity contribution is 7.89. The Morgan fingerprint density at radius 1 is 1.00 bits per heavy atom. The number of amides is 1. The van der Waals surface area contributed by atoms with Crippen LogP contribution < -0.4 is 4.18 Å². The molecule has 1 aliphatic heterocycles. The molecule has 1 fully saturated rings. The number of ether oxygens (including phenoxy) is 2. The quantitative estimate of drug-likeness (QED) is 0.485. The number of benzene rings is 2. The van der Waals surface area contributed by atoms with Gasteiger partial charge in [-0.25, -0.2) is 13.2 Å². The number of hydrogen-bond donors (Lipinski definition) is 1. The van der Waals surface area contributed by atoms with Crippen molar-refractivity contribution < 1.29 is 40.4 Å². The number of carbonyl (C=O) groups is 1. The van der Waals surface area contributed by atoms with Crippen LogP contribution in [0.15, 0.2) is 58.3 Å². The van der Waals surface area contributed by atoms with Gasteiger partial charge in [-0.3, -0.25) is 0 Å². The molecule has 204 valence electrons. The zero-order valence-corrected chi connectivity index (χ0v) is 22.8. The minimum Gasteiger partial charge on any atom is -0.444 e. The monoisotopic (exact) mass is 556 g/mol. The fraction of sp³-hybridized carbons (Fsp3) is 0.458. The van der Waals surface area contributed by atoms with Crippen LogP contribution in [-0.2, 0) is 29.6 Å². The number of likely N-dealkylation sites (N-methyl/N-ethyl adjacent to an activating group) is 1. The molecule has 1 unspecified atom stereocenters. The van der Waals surface area contributed by atoms with Gasteiger partial charge < -0.3 is 23.7 Å². The van der Waals surface area contributed by atoms with Crippen LogP contribution in [0.1, 0.15) is 32.4 Å². The fourth-order valence-corrected chi connectivity index (χ4v) is 5.75. The van der Waals surface area contributed by atoms with E-state index in [1.54, 1.807) is 20.8 Å². The van der Waals surface area contributed by atoms with Crippen LogP contribution in [0.2, 0.25) is 0 Å². The van der Waals surface area contributed by atoms with E-state index < -0.39 is 37.9 Å². The van der Waals surface area contributed by atoms with Crippen molar-refractivity contribution >= 4 is 26.2 Å². The summed E-state index contributed by atoms with van der Waals surface area (Å²) in [5.41, 5.74) is -0.226. The average Bonchev–Trinajstić information content (AvgIpc) is 2.83. The number of carbonyl (C=O) groups excluding carboxylic acids is 1. The molecule has 37 heavy (non-hydrogen) atoms. The van der Waals surface area contributed by atoms with Gasteiger partial charge in [0.25, 0.3) is 0 Å². The highest BCUT2D eigenvalue weighted by atomic mass is 32.2. The van der Waals surface area contributed by atoms with E-state index in [-0.39, 0.29) is 35.2 Å². The Bertz CT molecular complexity index is 1280. The summed E-state index contributed by atoms with van der Waals surface area (Å²) in [6.07, 6.45) is -1.62. The lowest BCUT2D eigenvalue weighted by Crippen LogP contribution is -2.40. The first-order valence-corrected chi connectivity index (χ1v) is 14.4. The van der Waals surface area contributed by atoms with Gasteiger partial charge in [0.2, 0.25) is 10.0 Å². The molecule has 0 bridgehead atoms. The van der Waals surface area contributed by atoms with Gasteiger partial charge in [-0.2, -0.15) is 12.7 Å². The minimum absolute atomic E-state index is 0.00135. The molecule has 0 spiro atoms. The van der Waals surface area contributed by atoms with E-state index in [0.717, 1.165) is 0 Å². The molecule has 0 radical (unpaired) electrons. The highest BCUT2D eigenvalue weighted by Gasteiger charge is 2.27. The molecule has 1 amide bonds. The lowest BCUT2D eigenvalue weighted by Gasteiger charge is -2.26. The molecule has 0 aliphatic carbocycles. The number of aliphatic hydroxyl groups is 1. The van der Waals surface area contributed by atoms with E-state index in [2.05, 4.69) is 0 Å². The van der Waals surface area contributed by atoms with Crippen LogP contribution in [0, 0.1) is 0 Å². The Morgan fingerprint density at radius 3 is 2.08 bits per heavy atom. The summed E-state index contributed by atoms with van der Waals surface area (Å²) < 4.78 is 67.8. The fourth-order valence-electron chi connectivity index (χ4n) is 3.41. The predicted molar refractivity (Wildman–Crippen MR) is 134 cm³/mol. The SMILES string of the molecule is CN(CC(O)c1ccc(OS(=O)(=O)c2ccc(S(=O)(=O)N3CCOCC3)cc2)cc1)C(=O)OC(C)(C)C. The van der Waals surface area contributed by atoms with Crippen molar-refractivity contribution in [2.45, 2.75) is 42.3 Å². The Morgan fingerprint density at radius 2 is 1.54 bits per heavy atom. The van der Waals surface area contributed by atoms with Gasteiger partial charge in [-0.05, 0) is 62.7 Å². The van der Waals surface area contributed by atoms with Crippen molar-refractivity contribution in [2.75, 3.05) is 39.9 Å². The highest BCUT2D eigenvalue weighted by Crippen LogP contribution is 2.24. The maximum Gasteiger partial charge on any atom is 0.410 e. The third-order valence-corrected chi connectivity index (χ3v) is 8.52. The molecular weight excluding hydrogens is 524 g/mol. The van der Waals surface area contributed by atoms with Crippen molar-refractivity contribution in [2.24, 2.45) is 0 Å². The summed E-state index contributed by atoms with van der Waals surface area (Å²) in [6, 6.07) is 10.5. The van der Waals surface area contributed by atoms with Gasteiger partial charge in [0, 0.05) is 20.1 Å². The van der Waals surface area contributed by atoms with Crippen molar-refractivity contribution in [3.05, 3.63) is 54.1 Å². The largest absolute Gasteiger partial charge is 0.444 e. The molecule has 1 saturated heterocycles. The van der Waals surface area contributed by atoms with E-state index in [1.807, 2.05) is 0 Å². The van der Waals surface area contributed by atoms with Crippen molar-refractivity contribution in [3.63, 3.8) is 0 Å². The number of nitrogens with zero attached hydrogens (tertiary/aromatic N) is 2. The minimum atomic E-state index is -4.24. The van der Waals surface area contributed by atoms with E-state index in [1.165, 1.54) is 64.8 Å². The Hall–Kier alpha value is -2.71. The smallest absolute Gasteiger partial charge is 0.410 e. The molecule has 13 heteroatoms. The summed E-state index contributed by atoms with van der Waals surface area (Å²) >= 11 is 0. The van der Waals surface area contributed by atoms with E-state index in [4.69, 9.17) is 13.7 Å². The molecule has 2 aromatic carbocycles. The molecule has 1 atom stereocenters. The van der Waals surface area contributed by atoms with Crippen molar-refractivity contribution in [1.29, 1.82) is 0 Å². The number of morpholine rings is 1. The Balaban J connectivity index is 1.64. The van der Waals surface area contributed by atoms with Gasteiger partial charge in [-0.1, -0.05) is 12.1 Å². The van der Waals surface area contributed by atoms with Crippen molar-refractivity contribution in [3.8, 4) is 5.75 Å².